The Bertz CT molecular complexity index is 1390. The summed E-state index contributed by atoms with van der Waals surface area (Å²) in [6.45, 7) is 2.42. The number of carbonyl (C=O) groups is 2. The summed E-state index contributed by atoms with van der Waals surface area (Å²) in [6, 6.07) is 23.4. The second kappa shape index (κ2) is 8.71. The first kappa shape index (κ1) is 21.8. The van der Waals surface area contributed by atoms with Gasteiger partial charge in [0.05, 0.1) is 13.2 Å². The molecule has 0 bridgehead atoms. The molecule has 1 aliphatic rings. The van der Waals surface area contributed by atoms with E-state index in [9.17, 15) is 9.59 Å². The molecule has 0 unspecified atom stereocenters. The van der Waals surface area contributed by atoms with Gasteiger partial charge < -0.3 is 19.5 Å². The van der Waals surface area contributed by atoms with Gasteiger partial charge in [-0.1, -0.05) is 60.2 Å². The molecule has 4 aromatic rings. The molecule has 1 aliphatic heterocycles. The Balaban J connectivity index is 1.49. The molecule has 0 fully saturated rings. The van der Waals surface area contributed by atoms with Crippen molar-refractivity contribution >= 4 is 22.7 Å². The van der Waals surface area contributed by atoms with E-state index in [1.165, 1.54) is 0 Å². The molecule has 0 spiro atoms. The second-order valence-corrected chi connectivity index (χ2v) is 8.71. The van der Waals surface area contributed by atoms with Crippen LogP contribution in [0.1, 0.15) is 38.8 Å². The summed E-state index contributed by atoms with van der Waals surface area (Å²) in [4.78, 5) is 28.3. The van der Waals surface area contributed by atoms with Crippen LogP contribution in [0.5, 0.6) is 5.75 Å². The Morgan fingerprint density at radius 1 is 1.03 bits per heavy atom. The van der Waals surface area contributed by atoms with Gasteiger partial charge in [-0.15, -0.1) is 0 Å². The number of rotatable bonds is 6. The molecule has 0 aliphatic carbocycles. The SMILES string of the molecule is COc1ccc([C@@H]2c3c(n(C)c4ccccc34)C(=O)N2CC(=O)NCc2cccc(C)c2)cc1. The molecule has 6 heteroatoms. The minimum absolute atomic E-state index is 0.0235. The zero-order valence-corrected chi connectivity index (χ0v) is 19.5. The normalized spacial score (nSPS) is 15.0. The Hall–Kier alpha value is -4.06. The predicted octanol–water partition coefficient (Wildman–Crippen LogP) is 4.36. The first-order valence-corrected chi connectivity index (χ1v) is 11.3. The predicted molar refractivity (Wildman–Crippen MR) is 132 cm³/mol. The van der Waals surface area contributed by atoms with Crippen LogP contribution in [0.3, 0.4) is 0 Å². The van der Waals surface area contributed by atoms with E-state index >= 15 is 0 Å². The van der Waals surface area contributed by atoms with Gasteiger partial charge in [0, 0.05) is 30.1 Å². The molecular weight excluding hydrogens is 426 g/mol. The minimum Gasteiger partial charge on any atom is -0.497 e. The van der Waals surface area contributed by atoms with Gasteiger partial charge in [0.2, 0.25) is 5.91 Å². The third-order valence-corrected chi connectivity index (χ3v) is 6.51. The largest absolute Gasteiger partial charge is 0.497 e. The van der Waals surface area contributed by atoms with Gasteiger partial charge in [-0.25, -0.2) is 0 Å². The van der Waals surface area contributed by atoms with Crippen molar-refractivity contribution in [3.05, 3.63) is 101 Å². The van der Waals surface area contributed by atoms with Crippen LogP contribution in [-0.2, 0) is 18.4 Å². The number of aromatic nitrogens is 1. The van der Waals surface area contributed by atoms with E-state index in [2.05, 4.69) is 5.32 Å². The van der Waals surface area contributed by atoms with Crippen molar-refractivity contribution in [2.24, 2.45) is 7.05 Å². The summed E-state index contributed by atoms with van der Waals surface area (Å²) in [5.41, 5.74) is 5.69. The van der Waals surface area contributed by atoms with Crippen molar-refractivity contribution in [2.45, 2.75) is 19.5 Å². The van der Waals surface area contributed by atoms with Crippen molar-refractivity contribution in [3.63, 3.8) is 0 Å². The van der Waals surface area contributed by atoms with Crippen LogP contribution in [0, 0.1) is 6.92 Å². The fourth-order valence-electron chi connectivity index (χ4n) is 4.90. The molecule has 0 saturated heterocycles. The van der Waals surface area contributed by atoms with Gasteiger partial charge >= 0.3 is 0 Å². The Labute approximate surface area is 198 Å². The van der Waals surface area contributed by atoms with Crippen LogP contribution < -0.4 is 10.1 Å². The summed E-state index contributed by atoms with van der Waals surface area (Å²) in [5, 5.41) is 4.00. The number of methoxy groups -OCH3 is 1. The molecule has 34 heavy (non-hydrogen) atoms. The number of nitrogens with zero attached hydrogens (tertiary/aromatic N) is 2. The molecule has 1 aromatic heterocycles. The third-order valence-electron chi connectivity index (χ3n) is 6.51. The lowest BCUT2D eigenvalue weighted by molar-refractivity contribution is -0.122. The van der Waals surface area contributed by atoms with E-state index in [1.807, 2.05) is 91.3 Å². The Morgan fingerprint density at radius 3 is 2.53 bits per heavy atom. The lowest BCUT2D eigenvalue weighted by atomic mass is 9.98. The summed E-state index contributed by atoms with van der Waals surface area (Å²) >= 11 is 0. The zero-order valence-electron chi connectivity index (χ0n) is 19.5. The Kier molecular flexibility index (Phi) is 5.57. The van der Waals surface area contributed by atoms with Gasteiger partial charge in [0.1, 0.15) is 18.0 Å². The van der Waals surface area contributed by atoms with Crippen LogP contribution in [0.25, 0.3) is 10.9 Å². The topological polar surface area (TPSA) is 63.6 Å². The standard InChI is InChI=1S/C28H27N3O3/c1-18-7-6-8-19(15-18)16-29-24(32)17-31-26(20-11-13-21(34-3)14-12-20)25-22-9-4-5-10-23(22)30(2)27(25)28(31)33/h4-15,26H,16-17H2,1-3H3,(H,29,32)/t26-/m1/s1. The van der Waals surface area contributed by atoms with Crippen molar-refractivity contribution in [3.8, 4) is 5.75 Å². The lowest BCUT2D eigenvalue weighted by Crippen LogP contribution is -2.39. The number of benzene rings is 3. The maximum Gasteiger partial charge on any atom is 0.272 e. The average molecular weight is 454 g/mol. The second-order valence-electron chi connectivity index (χ2n) is 8.71. The number of amides is 2. The summed E-state index contributed by atoms with van der Waals surface area (Å²) in [6.07, 6.45) is 0. The number of hydrogen-bond donors (Lipinski definition) is 1. The summed E-state index contributed by atoms with van der Waals surface area (Å²) in [7, 11) is 3.53. The molecule has 2 amide bonds. The van der Waals surface area contributed by atoms with Crippen LogP contribution in [0.4, 0.5) is 0 Å². The number of nitrogens with one attached hydrogen (secondary N) is 1. The number of ether oxygens (including phenoxy) is 1. The van der Waals surface area contributed by atoms with E-state index in [-0.39, 0.29) is 24.4 Å². The monoisotopic (exact) mass is 453 g/mol. The summed E-state index contributed by atoms with van der Waals surface area (Å²) in [5.74, 6) is 0.416. The summed E-state index contributed by atoms with van der Waals surface area (Å²) < 4.78 is 7.26. The van der Waals surface area contributed by atoms with Crippen LogP contribution in [0.15, 0.2) is 72.8 Å². The number of para-hydroxylation sites is 1. The Morgan fingerprint density at radius 2 is 1.79 bits per heavy atom. The highest BCUT2D eigenvalue weighted by Crippen LogP contribution is 2.43. The molecular formula is C28H27N3O3. The first-order valence-electron chi connectivity index (χ1n) is 11.3. The lowest BCUT2D eigenvalue weighted by Gasteiger charge is -2.26. The third kappa shape index (κ3) is 3.71. The van der Waals surface area contributed by atoms with Crippen LogP contribution in [0.2, 0.25) is 0 Å². The number of hydrogen-bond acceptors (Lipinski definition) is 3. The molecule has 0 saturated carbocycles. The number of fused-ring (bicyclic) bond motifs is 3. The molecule has 1 N–H and O–H groups in total. The molecule has 1 atom stereocenters. The van der Waals surface area contributed by atoms with Gasteiger partial charge in [-0.3, -0.25) is 9.59 Å². The van der Waals surface area contributed by atoms with Gasteiger partial charge in [-0.05, 0) is 36.2 Å². The maximum absolute atomic E-state index is 13.6. The van der Waals surface area contributed by atoms with Crippen molar-refractivity contribution in [1.82, 2.24) is 14.8 Å². The fraction of sp³-hybridized carbons (Fsp3) is 0.214. The van der Waals surface area contributed by atoms with E-state index in [0.717, 1.165) is 38.9 Å². The smallest absolute Gasteiger partial charge is 0.272 e. The van der Waals surface area contributed by atoms with E-state index in [1.54, 1.807) is 12.0 Å². The van der Waals surface area contributed by atoms with E-state index in [4.69, 9.17) is 4.74 Å². The van der Waals surface area contributed by atoms with Crippen molar-refractivity contribution in [2.75, 3.05) is 13.7 Å². The maximum atomic E-state index is 13.6. The van der Waals surface area contributed by atoms with Gasteiger partial charge in [0.25, 0.3) is 5.91 Å². The molecule has 3 aromatic carbocycles. The van der Waals surface area contributed by atoms with Crippen molar-refractivity contribution in [1.29, 1.82) is 0 Å². The van der Waals surface area contributed by atoms with E-state index < -0.39 is 0 Å². The number of carbonyl (C=O) groups excluding carboxylic acids is 2. The highest BCUT2D eigenvalue weighted by molar-refractivity contribution is 6.07. The number of aryl methyl sites for hydroxylation is 2. The fourth-order valence-corrected chi connectivity index (χ4v) is 4.90. The average Bonchev–Trinajstić information content (AvgIpc) is 3.30. The first-order chi connectivity index (χ1) is 16.5. The highest BCUT2D eigenvalue weighted by Gasteiger charge is 2.42. The quantitative estimate of drug-likeness (QED) is 0.472. The molecule has 2 heterocycles. The van der Waals surface area contributed by atoms with E-state index in [0.29, 0.717) is 12.2 Å². The van der Waals surface area contributed by atoms with Crippen LogP contribution in [-0.4, -0.2) is 34.9 Å². The molecule has 5 rings (SSSR count). The van der Waals surface area contributed by atoms with Gasteiger partial charge in [0.15, 0.2) is 0 Å². The van der Waals surface area contributed by atoms with Crippen LogP contribution >= 0.6 is 0 Å². The molecule has 6 nitrogen and oxygen atoms in total. The minimum atomic E-state index is -0.357. The molecule has 172 valence electrons. The highest BCUT2D eigenvalue weighted by atomic mass is 16.5. The zero-order chi connectivity index (χ0) is 23.8. The van der Waals surface area contributed by atoms with Crippen molar-refractivity contribution < 1.29 is 14.3 Å². The van der Waals surface area contributed by atoms with Gasteiger partial charge in [-0.2, -0.15) is 0 Å². The molecule has 0 radical (unpaired) electrons.